The average Bonchev–Trinajstić information content (AvgIpc) is 1.85. The standard InChI is InChI=1S/C10H16N.ClH.H2O/c1-11(2,3)9-10-7-5-4-6-8-10;;/h4-8H,9H2,1-3H3;1H;1H2/q+1;;/p-1. The number of quaternary nitrogens is 1. The molecule has 2 N–H and O–H groups in total. The number of rotatable bonds is 2. The van der Waals surface area contributed by atoms with Crippen molar-refractivity contribution in [3.05, 3.63) is 35.9 Å². The summed E-state index contributed by atoms with van der Waals surface area (Å²) in [6.45, 7) is 1.10. The minimum Gasteiger partial charge on any atom is -1.00 e. The summed E-state index contributed by atoms with van der Waals surface area (Å²) in [6, 6.07) is 10.6. The molecule has 0 aromatic heterocycles. The Kier molecular flexibility index (Phi) is 6.86. The second-order valence-corrected chi connectivity index (χ2v) is 3.93. The lowest BCUT2D eigenvalue weighted by Crippen LogP contribution is -3.00. The molecule has 0 fully saturated rings. The highest BCUT2D eigenvalue weighted by Gasteiger charge is 2.06. The van der Waals surface area contributed by atoms with Crippen LogP contribution in [0.4, 0.5) is 0 Å². The van der Waals surface area contributed by atoms with E-state index in [9.17, 15) is 0 Å². The normalized spacial score (nSPS) is 9.77. The van der Waals surface area contributed by atoms with Crippen LogP contribution in [0.5, 0.6) is 0 Å². The maximum absolute atomic E-state index is 2.20. The van der Waals surface area contributed by atoms with E-state index in [4.69, 9.17) is 0 Å². The molecule has 1 aromatic carbocycles. The highest BCUT2D eigenvalue weighted by molar-refractivity contribution is 5.13. The molecule has 3 heteroatoms. The van der Waals surface area contributed by atoms with Gasteiger partial charge in [0.05, 0.1) is 21.1 Å². The number of halogens is 1. The summed E-state index contributed by atoms with van der Waals surface area (Å²) in [6.07, 6.45) is 0. The first-order valence-corrected chi connectivity index (χ1v) is 3.92. The summed E-state index contributed by atoms with van der Waals surface area (Å²) in [5, 5.41) is 0. The van der Waals surface area contributed by atoms with Crippen molar-refractivity contribution in [2.75, 3.05) is 21.1 Å². The number of hydrogen-bond donors (Lipinski definition) is 0. The molecule has 0 aliphatic carbocycles. The Morgan fingerprint density at radius 1 is 1.00 bits per heavy atom. The first-order chi connectivity index (χ1) is 5.08. The summed E-state index contributed by atoms with van der Waals surface area (Å²) < 4.78 is 0.990. The van der Waals surface area contributed by atoms with E-state index in [1.165, 1.54) is 5.56 Å². The van der Waals surface area contributed by atoms with Crippen LogP contribution in [0.1, 0.15) is 5.56 Å². The molecule has 0 atom stereocenters. The average molecular weight is 204 g/mol. The lowest BCUT2D eigenvalue weighted by Gasteiger charge is -2.23. The third-order valence-electron chi connectivity index (χ3n) is 1.50. The zero-order valence-electron chi connectivity index (χ0n) is 8.42. The van der Waals surface area contributed by atoms with Crippen molar-refractivity contribution in [2.45, 2.75) is 6.54 Å². The molecule has 0 heterocycles. The van der Waals surface area contributed by atoms with Crippen LogP contribution in [0.2, 0.25) is 0 Å². The monoisotopic (exact) mass is 203 g/mol. The summed E-state index contributed by atoms with van der Waals surface area (Å²) in [5.74, 6) is 0. The summed E-state index contributed by atoms with van der Waals surface area (Å²) in [7, 11) is 6.60. The molecule has 76 valence electrons. The minimum absolute atomic E-state index is 0. The molecule has 1 aromatic rings. The predicted molar refractivity (Wildman–Crippen MR) is 51.8 cm³/mol. The molecular formula is C10H18ClNO. The van der Waals surface area contributed by atoms with E-state index in [-0.39, 0.29) is 17.9 Å². The van der Waals surface area contributed by atoms with Crippen molar-refractivity contribution in [3.63, 3.8) is 0 Å². The molecule has 0 amide bonds. The van der Waals surface area contributed by atoms with Gasteiger partial charge in [-0.1, -0.05) is 30.3 Å². The van der Waals surface area contributed by atoms with Gasteiger partial charge in [0.15, 0.2) is 0 Å². The second kappa shape index (κ2) is 5.97. The third-order valence-corrected chi connectivity index (χ3v) is 1.50. The second-order valence-electron chi connectivity index (χ2n) is 3.93. The zero-order chi connectivity index (χ0) is 8.32. The molecule has 1 rings (SSSR count). The van der Waals surface area contributed by atoms with Crippen LogP contribution in [0.15, 0.2) is 30.3 Å². The summed E-state index contributed by atoms with van der Waals surface area (Å²) in [4.78, 5) is 0. The van der Waals surface area contributed by atoms with E-state index in [0.29, 0.717) is 0 Å². The Morgan fingerprint density at radius 3 is 1.85 bits per heavy atom. The van der Waals surface area contributed by atoms with Gasteiger partial charge in [-0.25, -0.2) is 0 Å². The molecule has 0 aliphatic heterocycles. The van der Waals surface area contributed by atoms with Gasteiger partial charge >= 0.3 is 0 Å². The first-order valence-electron chi connectivity index (χ1n) is 3.92. The Hall–Kier alpha value is -0.570. The molecule has 0 saturated carbocycles. The van der Waals surface area contributed by atoms with Gasteiger partial charge in [-0.15, -0.1) is 0 Å². The Balaban J connectivity index is 0. The van der Waals surface area contributed by atoms with Gasteiger partial charge in [-0.3, -0.25) is 0 Å². The van der Waals surface area contributed by atoms with Crippen molar-refractivity contribution >= 4 is 0 Å². The van der Waals surface area contributed by atoms with E-state index in [1.807, 2.05) is 0 Å². The van der Waals surface area contributed by atoms with Gasteiger partial charge < -0.3 is 22.4 Å². The largest absolute Gasteiger partial charge is 1.00 e. The molecule has 0 radical (unpaired) electrons. The molecule has 0 unspecified atom stereocenters. The molecule has 13 heavy (non-hydrogen) atoms. The quantitative estimate of drug-likeness (QED) is 0.502. The van der Waals surface area contributed by atoms with E-state index in [0.717, 1.165) is 11.0 Å². The topological polar surface area (TPSA) is 31.5 Å². The van der Waals surface area contributed by atoms with Crippen LogP contribution in [0.3, 0.4) is 0 Å². The van der Waals surface area contributed by atoms with Crippen molar-refractivity contribution < 1.29 is 22.4 Å². The molecule has 0 aliphatic rings. The lowest BCUT2D eigenvalue weighted by molar-refractivity contribution is -0.884. The Morgan fingerprint density at radius 2 is 1.46 bits per heavy atom. The van der Waals surface area contributed by atoms with Gasteiger partial charge in [0.1, 0.15) is 6.54 Å². The van der Waals surface area contributed by atoms with Gasteiger partial charge in [0, 0.05) is 5.56 Å². The van der Waals surface area contributed by atoms with Crippen molar-refractivity contribution in [1.29, 1.82) is 0 Å². The van der Waals surface area contributed by atoms with Crippen molar-refractivity contribution in [3.8, 4) is 0 Å². The lowest BCUT2D eigenvalue weighted by atomic mass is 10.2. The van der Waals surface area contributed by atoms with E-state index in [2.05, 4.69) is 51.5 Å². The van der Waals surface area contributed by atoms with Gasteiger partial charge in [0.25, 0.3) is 0 Å². The Labute approximate surface area is 86.5 Å². The van der Waals surface area contributed by atoms with Gasteiger partial charge in [0.2, 0.25) is 0 Å². The van der Waals surface area contributed by atoms with Crippen LogP contribution in [-0.4, -0.2) is 31.1 Å². The molecule has 0 saturated heterocycles. The molecular weight excluding hydrogens is 186 g/mol. The zero-order valence-corrected chi connectivity index (χ0v) is 9.17. The summed E-state index contributed by atoms with van der Waals surface area (Å²) in [5.41, 5.74) is 1.40. The van der Waals surface area contributed by atoms with E-state index < -0.39 is 0 Å². The number of benzene rings is 1. The maximum Gasteiger partial charge on any atom is 0.104 e. The highest BCUT2D eigenvalue weighted by Crippen LogP contribution is 2.04. The van der Waals surface area contributed by atoms with Crippen LogP contribution in [0, 0.1) is 0 Å². The fourth-order valence-corrected chi connectivity index (χ4v) is 1.13. The molecule has 0 spiro atoms. The van der Waals surface area contributed by atoms with Crippen LogP contribution in [-0.2, 0) is 6.54 Å². The van der Waals surface area contributed by atoms with Gasteiger partial charge in [-0.05, 0) is 0 Å². The Bertz CT molecular complexity index is 218. The smallest absolute Gasteiger partial charge is 0.104 e. The van der Waals surface area contributed by atoms with Crippen LogP contribution in [0.25, 0.3) is 0 Å². The van der Waals surface area contributed by atoms with Crippen molar-refractivity contribution in [1.82, 2.24) is 0 Å². The minimum atomic E-state index is 0. The van der Waals surface area contributed by atoms with Gasteiger partial charge in [-0.2, -0.15) is 0 Å². The van der Waals surface area contributed by atoms with Crippen LogP contribution < -0.4 is 12.4 Å². The molecule has 0 bridgehead atoms. The SMILES string of the molecule is C[N+](C)(C)Cc1ccccc1.O.[Cl-]. The number of nitrogens with zero attached hydrogens (tertiary/aromatic N) is 1. The number of hydrogen-bond acceptors (Lipinski definition) is 0. The third kappa shape index (κ3) is 6.58. The van der Waals surface area contributed by atoms with E-state index >= 15 is 0 Å². The predicted octanol–water partition coefficient (Wildman–Crippen LogP) is -1.93. The van der Waals surface area contributed by atoms with Crippen LogP contribution >= 0.6 is 0 Å². The maximum atomic E-state index is 2.20. The molecule has 2 nitrogen and oxygen atoms in total. The van der Waals surface area contributed by atoms with E-state index in [1.54, 1.807) is 0 Å². The fraction of sp³-hybridized carbons (Fsp3) is 0.400. The summed E-state index contributed by atoms with van der Waals surface area (Å²) >= 11 is 0. The fourth-order valence-electron chi connectivity index (χ4n) is 1.13. The first kappa shape index (κ1) is 14.9. The van der Waals surface area contributed by atoms with Crippen molar-refractivity contribution in [2.24, 2.45) is 0 Å². The highest BCUT2D eigenvalue weighted by atomic mass is 35.5.